The van der Waals surface area contributed by atoms with Crippen LogP contribution in [0.1, 0.15) is 17.3 Å². The van der Waals surface area contributed by atoms with Crippen LogP contribution >= 0.6 is 11.6 Å². The van der Waals surface area contributed by atoms with Gasteiger partial charge in [-0.05, 0) is 37.3 Å². The number of esters is 1. The van der Waals surface area contributed by atoms with E-state index in [1.807, 2.05) is 0 Å². The van der Waals surface area contributed by atoms with Crippen LogP contribution in [-0.4, -0.2) is 63.8 Å². The fourth-order valence-electron chi connectivity index (χ4n) is 3.25. The molecule has 1 atom stereocenters. The van der Waals surface area contributed by atoms with Gasteiger partial charge in [0.1, 0.15) is 0 Å². The van der Waals surface area contributed by atoms with Gasteiger partial charge in [-0.15, -0.1) is 0 Å². The maximum absolute atomic E-state index is 12.9. The average Bonchev–Trinajstić information content (AvgIpc) is 3.27. The molecule has 1 amide bonds. The molecule has 10 nitrogen and oxygen atoms in total. The van der Waals surface area contributed by atoms with Crippen LogP contribution in [-0.2, 0) is 24.3 Å². The van der Waals surface area contributed by atoms with E-state index in [1.54, 1.807) is 18.2 Å². The number of carbonyl (C=O) groups is 2. The molecule has 1 saturated heterocycles. The summed E-state index contributed by atoms with van der Waals surface area (Å²) >= 11 is 6.12. The summed E-state index contributed by atoms with van der Waals surface area (Å²) in [5.41, 5.74) is 0.275. The second kappa shape index (κ2) is 9.56. The summed E-state index contributed by atoms with van der Waals surface area (Å²) in [7, 11) is -3.84. The van der Waals surface area contributed by atoms with Gasteiger partial charge in [0.2, 0.25) is 16.8 Å². The number of fused-ring (bicyclic) bond motifs is 1. The summed E-state index contributed by atoms with van der Waals surface area (Å²) in [5, 5.41) is 2.63. The van der Waals surface area contributed by atoms with Gasteiger partial charge in [0.15, 0.2) is 17.6 Å². The van der Waals surface area contributed by atoms with E-state index in [9.17, 15) is 18.0 Å². The van der Waals surface area contributed by atoms with Crippen molar-refractivity contribution < 1.29 is 37.0 Å². The number of halogens is 1. The number of anilines is 1. The molecule has 1 unspecified atom stereocenters. The van der Waals surface area contributed by atoms with Crippen LogP contribution in [0.5, 0.6) is 11.5 Å². The van der Waals surface area contributed by atoms with Gasteiger partial charge in [-0.1, -0.05) is 11.6 Å². The van der Waals surface area contributed by atoms with E-state index in [4.69, 9.17) is 30.5 Å². The van der Waals surface area contributed by atoms with E-state index in [0.29, 0.717) is 17.2 Å². The number of ether oxygens (including phenoxy) is 4. The van der Waals surface area contributed by atoms with Crippen molar-refractivity contribution in [2.24, 2.45) is 0 Å². The van der Waals surface area contributed by atoms with Gasteiger partial charge < -0.3 is 24.3 Å². The summed E-state index contributed by atoms with van der Waals surface area (Å²) in [6, 6.07) is 8.64. The molecule has 2 aliphatic heterocycles. The molecule has 2 aromatic rings. The standard InChI is InChI=1S/C21H21ClN2O8S/c1-13(20(25)23-14-2-5-18-19(10-14)31-12-30-18)32-21(26)16-11-15(3-4-17(16)22)33(27,28)24-6-8-29-9-7-24/h2-5,10-11,13H,6-9,12H2,1H3,(H,23,25). The maximum atomic E-state index is 12.9. The van der Waals surface area contributed by atoms with Gasteiger partial charge in [0.05, 0.1) is 28.7 Å². The summed E-state index contributed by atoms with van der Waals surface area (Å²) in [5.74, 6) is -0.459. The Bertz CT molecular complexity index is 1180. The Morgan fingerprint density at radius 1 is 1.09 bits per heavy atom. The Kier molecular flexibility index (Phi) is 6.75. The number of rotatable bonds is 6. The molecule has 0 radical (unpaired) electrons. The van der Waals surface area contributed by atoms with E-state index in [0.717, 1.165) is 6.07 Å². The molecule has 2 aromatic carbocycles. The van der Waals surface area contributed by atoms with Gasteiger partial charge in [-0.25, -0.2) is 13.2 Å². The minimum Gasteiger partial charge on any atom is -0.454 e. The van der Waals surface area contributed by atoms with Crippen molar-refractivity contribution in [3.63, 3.8) is 0 Å². The molecule has 0 aliphatic carbocycles. The van der Waals surface area contributed by atoms with E-state index in [1.165, 1.54) is 23.4 Å². The van der Waals surface area contributed by atoms with Crippen molar-refractivity contribution in [2.75, 3.05) is 38.4 Å². The summed E-state index contributed by atoms with van der Waals surface area (Å²) in [6.45, 7) is 2.49. The Morgan fingerprint density at radius 3 is 2.58 bits per heavy atom. The lowest BCUT2D eigenvalue weighted by Gasteiger charge is -2.26. The first-order valence-corrected chi connectivity index (χ1v) is 11.9. The largest absolute Gasteiger partial charge is 0.454 e. The molecule has 0 saturated carbocycles. The minimum absolute atomic E-state index is 0.00399. The smallest absolute Gasteiger partial charge is 0.340 e. The second-order valence-electron chi connectivity index (χ2n) is 7.26. The van der Waals surface area contributed by atoms with E-state index < -0.39 is 28.0 Å². The van der Waals surface area contributed by atoms with Crippen LogP contribution in [0.4, 0.5) is 5.69 Å². The minimum atomic E-state index is -3.84. The van der Waals surface area contributed by atoms with Crippen molar-refractivity contribution in [3.8, 4) is 11.5 Å². The fourth-order valence-corrected chi connectivity index (χ4v) is 4.88. The Morgan fingerprint density at radius 2 is 1.82 bits per heavy atom. The highest BCUT2D eigenvalue weighted by Crippen LogP contribution is 2.34. The molecule has 2 aliphatic rings. The third-order valence-electron chi connectivity index (χ3n) is 5.06. The molecular weight excluding hydrogens is 476 g/mol. The molecule has 4 rings (SSSR count). The van der Waals surface area contributed by atoms with E-state index >= 15 is 0 Å². The molecule has 0 bridgehead atoms. The van der Waals surface area contributed by atoms with Crippen LogP contribution in [0.25, 0.3) is 0 Å². The average molecular weight is 497 g/mol. The highest BCUT2D eigenvalue weighted by Gasteiger charge is 2.29. The second-order valence-corrected chi connectivity index (χ2v) is 9.61. The zero-order chi connectivity index (χ0) is 23.6. The van der Waals surface area contributed by atoms with E-state index in [-0.39, 0.29) is 48.6 Å². The SMILES string of the molecule is CC(OC(=O)c1cc(S(=O)(=O)N2CCOCC2)ccc1Cl)C(=O)Nc1ccc2c(c1)OCO2. The first kappa shape index (κ1) is 23.3. The number of hydrogen-bond acceptors (Lipinski definition) is 8. The normalized spacial score (nSPS) is 16.8. The lowest BCUT2D eigenvalue weighted by Crippen LogP contribution is -2.40. The first-order chi connectivity index (χ1) is 15.8. The number of nitrogens with zero attached hydrogens (tertiary/aromatic N) is 1. The van der Waals surface area contributed by atoms with Crippen molar-refractivity contribution in [1.82, 2.24) is 4.31 Å². The van der Waals surface area contributed by atoms with Crippen LogP contribution in [0.15, 0.2) is 41.3 Å². The molecule has 12 heteroatoms. The van der Waals surface area contributed by atoms with Gasteiger partial charge >= 0.3 is 5.97 Å². The van der Waals surface area contributed by atoms with Crippen molar-refractivity contribution in [1.29, 1.82) is 0 Å². The zero-order valence-electron chi connectivity index (χ0n) is 17.6. The van der Waals surface area contributed by atoms with Gasteiger partial charge in [-0.3, -0.25) is 4.79 Å². The molecule has 1 N–H and O–H groups in total. The number of amides is 1. The van der Waals surface area contributed by atoms with Gasteiger partial charge in [0.25, 0.3) is 5.91 Å². The number of sulfonamides is 1. The zero-order valence-corrected chi connectivity index (χ0v) is 19.1. The predicted octanol–water partition coefficient (Wildman–Crippen LogP) is 2.27. The third kappa shape index (κ3) is 5.06. The Hall–Kier alpha value is -2.86. The van der Waals surface area contributed by atoms with Crippen molar-refractivity contribution >= 4 is 39.2 Å². The number of benzene rings is 2. The Balaban J connectivity index is 1.45. The van der Waals surface area contributed by atoms with E-state index in [2.05, 4.69) is 5.32 Å². The van der Waals surface area contributed by atoms with Crippen molar-refractivity contribution in [3.05, 3.63) is 47.0 Å². The maximum Gasteiger partial charge on any atom is 0.340 e. The number of carbonyl (C=O) groups excluding carboxylic acids is 2. The van der Waals surface area contributed by atoms with Crippen LogP contribution in [0.2, 0.25) is 5.02 Å². The highest BCUT2D eigenvalue weighted by atomic mass is 35.5. The summed E-state index contributed by atoms with van der Waals surface area (Å²) in [6.07, 6.45) is -1.18. The highest BCUT2D eigenvalue weighted by molar-refractivity contribution is 7.89. The summed E-state index contributed by atoms with van der Waals surface area (Å²) < 4.78 is 47.9. The quantitative estimate of drug-likeness (QED) is 0.605. The molecule has 2 heterocycles. The van der Waals surface area contributed by atoms with Crippen LogP contribution in [0.3, 0.4) is 0 Å². The number of nitrogens with one attached hydrogen (secondary N) is 1. The fraction of sp³-hybridized carbons (Fsp3) is 0.333. The molecule has 0 spiro atoms. The number of morpholine rings is 1. The van der Waals surface area contributed by atoms with Gasteiger partial charge in [0, 0.05) is 24.8 Å². The lowest BCUT2D eigenvalue weighted by molar-refractivity contribution is -0.123. The molecule has 33 heavy (non-hydrogen) atoms. The Labute approximate surface area is 195 Å². The topological polar surface area (TPSA) is 120 Å². The molecule has 176 valence electrons. The molecule has 1 fully saturated rings. The first-order valence-electron chi connectivity index (χ1n) is 10.0. The predicted molar refractivity (Wildman–Crippen MR) is 117 cm³/mol. The third-order valence-corrected chi connectivity index (χ3v) is 7.28. The molecular formula is C21H21ClN2O8S. The van der Waals surface area contributed by atoms with Crippen LogP contribution < -0.4 is 14.8 Å². The van der Waals surface area contributed by atoms with Crippen LogP contribution in [0, 0.1) is 0 Å². The lowest BCUT2D eigenvalue weighted by atomic mass is 10.2. The van der Waals surface area contributed by atoms with Crippen molar-refractivity contribution in [2.45, 2.75) is 17.9 Å². The number of hydrogen-bond donors (Lipinski definition) is 1. The summed E-state index contributed by atoms with van der Waals surface area (Å²) in [4.78, 5) is 25.1. The monoisotopic (exact) mass is 496 g/mol. The molecule has 0 aromatic heterocycles. The van der Waals surface area contributed by atoms with Gasteiger partial charge in [-0.2, -0.15) is 4.31 Å².